The van der Waals surface area contributed by atoms with E-state index in [0.29, 0.717) is 15.6 Å². The van der Waals surface area contributed by atoms with Gasteiger partial charge in [0.1, 0.15) is 0 Å². The van der Waals surface area contributed by atoms with Gasteiger partial charge in [-0.15, -0.1) is 11.3 Å². The summed E-state index contributed by atoms with van der Waals surface area (Å²) in [5, 5.41) is 2.69. The molecule has 0 bridgehead atoms. The number of rotatable bonds is 0. The molecule has 2 fully saturated rings. The van der Waals surface area contributed by atoms with E-state index in [4.69, 9.17) is 0 Å². The van der Waals surface area contributed by atoms with Crippen LogP contribution in [-0.4, -0.2) is 18.1 Å². The van der Waals surface area contributed by atoms with Crippen LogP contribution in [0.3, 0.4) is 0 Å². The highest BCUT2D eigenvalue weighted by Gasteiger charge is 2.73. The number of nitrogens with zero attached hydrogens (tertiary/aromatic N) is 1. The van der Waals surface area contributed by atoms with Crippen molar-refractivity contribution < 1.29 is 13.2 Å². The van der Waals surface area contributed by atoms with E-state index < -0.39 is 11.2 Å². The van der Waals surface area contributed by atoms with Gasteiger partial charge in [-0.1, -0.05) is 0 Å². The fraction of sp³-hybridized carbons (Fsp3) is 0.500. The van der Waals surface area contributed by atoms with Gasteiger partial charge < -0.3 is 5.32 Å². The minimum Gasteiger partial charge on any atom is -0.315 e. The lowest BCUT2D eigenvalue weighted by atomic mass is 9.95. The normalized spacial score (nSPS) is 34.1. The minimum absolute atomic E-state index is 0.193. The molecule has 20 heavy (non-hydrogen) atoms. The molecular weight excluding hydrogens is 285 g/mol. The molecule has 2 unspecified atom stereocenters. The first kappa shape index (κ1) is 11.5. The zero-order valence-electron chi connectivity index (χ0n) is 10.5. The molecule has 1 saturated carbocycles. The fourth-order valence-electron chi connectivity index (χ4n) is 4.39. The number of halogens is 3. The molecule has 2 nitrogen and oxygen atoms in total. The van der Waals surface area contributed by atoms with Crippen LogP contribution in [0.4, 0.5) is 13.2 Å². The Morgan fingerprint density at radius 2 is 2.10 bits per heavy atom. The zero-order chi connectivity index (χ0) is 13.8. The van der Waals surface area contributed by atoms with E-state index in [1.54, 1.807) is 0 Å². The third-order valence-electron chi connectivity index (χ3n) is 5.32. The molecule has 1 saturated heterocycles. The van der Waals surface area contributed by atoms with Gasteiger partial charge >= 0.3 is 6.18 Å². The summed E-state index contributed by atoms with van der Waals surface area (Å²) in [4.78, 5) is 3.80. The van der Waals surface area contributed by atoms with Crippen LogP contribution in [0.25, 0.3) is 10.2 Å². The molecule has 0 radical (unpaired) electrons. The first-order chi connectivity index (χ1) is 9.44. The summed E-state index contributed by atoms with van der Waals surface area (Å²) in [7, 11) is 0. The first-order valence-corrected chi connectivity index (χ1v) is 7.47. The number of piperidine rings is 1. The standard InChI is InChI=1S/C14H11F3N2S/c15-14(16,17)11-19-9-2-8-7(1-10(9)20-11)3-12-4-13(8,12)6-18-5-12/h1-2,18H,3-6H2. The van der Waals surface area contributed by atoms with Gasteiger partial charge in [-0.2, -0.15) is 13.2 Å². The number of hydrogen-bond donors (Lipinski definition) is 1. The summed E-state index contributed by atoms with van der Waals surface area (Å²) < 4.78 is 38.9. The Labute approximate surface area is 117 Å². The Kier molecular flexibility index (Phi) is 1.75. The van der Waals surface area contributed by atoms with Gasteiger partial charge in [0.15, 0.2) is 5.01 Å². The summed E-state index contributed by atoms with van der Waals surface area (Å²) in [6.45, 7) is 2.00. The molecule has 104 valence electrons. The molecule has 1 aliphatic heterocycles. The van der Waals surface area contributed by atoms with Crippen molar-refractivity contribution in [2.45, 2.75) is 24.4 Å². The van der Waals surface area contributed by atoms with Crippen LogP contribution in [0, 0.1) is 5.41 Å². The van der Waals surface area contributed by atoms with Crippen molar-refractivity contribution in [1.82, 2.24) is 10.3 Å². The highest BCUT2D eigenvalue weighted by atomic mass is 32.1. The highest BCUT2D eigenvalue weighted by molar-refractivity contribution is 7.18. The van der Waals surface area contributed by atoms with Crippen LogP contribution in [0.1, 0.15) is 22.6 Å². The number of nitrogens with one attached hydrogen (secondary N) is 1. The largest absolute Gasteiger partial charge is 0.443 e. The van der Waals surface area contributed by atoms with Crippen molar-refractivity contribution in [2.75, 3.05) is 13.1 Å². The smallest absolute Gasteiger partial charge is 0.315 e. The molecule has 2 aromatic rings. The van der Waals surface area contributed by atoms with E-state index in [1.165, 1.54) is 17.5 Å². The van der Waals surface area contributed by atoms with Crippen molar-refractivity contribution in [2.24, 2.45) is 5.41 Å². The van der Waals surface area contributed by atoms with Crippen LogP contribution in [-0.2, 0) is 18.0 Å². The van der Waals surface area contributed by atoms with Gasteiger partial charge in [-0.3, -0.25) is 0 Å². The monoisotopic (exact) mass is 296 g/mol. The maximum atomic E-state index is 12.8. The van der Waals surface area contributed by atoms with Gasteiger partial charge in [0.2, 0.25) is 0 Å². The van der Waals surface area contributed by atoms with Crippen LogP contribution in [0.2, 0.25) is 0 Å². The minimum atomic E-state index is -4.34. The van der Waals surface area contributed by atoms with Gasteiger partial charge in [0.05, 0.1) is 10.2 Å². The molecule has 1 aromatic carbocycles. The summed E-state index contributed by atoms with van der Waals surface area (Å²) in [5.41, 5.74) is 3.53. The first-order valence-electron chi connectivity index (χ1n) is 6.66. The SMILES string of the molecule is FC(F)(F)c1nc2cc3c(cc2s1)CC12CNCC31C2. The number of aromatic nitrogens is 1. The molecule has 6 heteroatoms. The lowest BCUT2D eigenvalue weighted by molar-refractivity contribution is -0.137. The predicted molar refractivity (Wildman–Crippen MR) is 69.9 cm³/mol. The average molecular weight is 296 g/mol. The van der Waals surface area contributed by atoms with Gasteiger partial charge in [-0.05, 0) is 41.5 Å². The second-order valence-electron chi connectivity index (χ2n) is 6.31. The highest BCUT2D eigenvalue weighted by Crippen LogP contribution is 2.73. The van der Waals surface area contributed by atoms with Crippen molar-refractivity contribution in [3.05, 3.63) is 28.3 Å². The Bertz CT molecular complexity index is 762. The average Bonchev–Trinajstić information content (AvgIpc) is 2.69. The summed E-state index contributed by atoms with van der Waals surface area (Å²) >= 11 is 0.758. The molecule has 5 rings (SSSR count). The summed E-state index contributed by atoms with van der Waals surface area (Å²) in [6.07, 6.45) is -2.16. The van der Waals surface area contributed by atoms with Crippen LogP contribution in [0.5, 0.6) is 0 Å². The fourth-order valence-corrected chi connectivity index (χ4v) is 5.27. The number of alkyl halides is 3. The zero-order valence-corrected chi connectivity index (χ0v) is 11.3. The van der Waals surface area contributed by atoms with Crippen LogP contribution < -0.4 is 5.32 Å². The van der Waals surface area contributed by atoms with Gasteiger partial charge in [0.25, 0.3) is 0 Å². The van der Waals surface area contributed by atoms with Crippen molar-refractivity contribution in [3.8, 4) is 0 Å². The molecular formula is C14H11F3N2S. The summed E-state index contributed by atoms with van der Waals surface area (Å²) in [5.74, 6) is 0. The second kappa shape index (κ2) is 3.04. The van der Waals surface area contributed by atoms with Crippen LogP contribution in [0.15, 0.2) is 12.1 Å². The molecule has 3 aliphatic rings. The Hall–Kier alpha value is -1.14. The van der Waals surface area contributed by atoms with E-state index in [2.05, 4.69) is 10.3 Å². The Morgan fingerprint density at radius 1 is 1.25 bits per heavy atom. The van der Waals surface area contributed by atoms with Crippen molar-refractivity contribution >= 4 is 21.6 Å². The maximum Gasteiger partial charge on any atom is 0.443 e. The van der Waals surface area contributed by atoms with Gasteiger partial charge in [0, 0.05) is 18.5 Å². The Balaban J connectivity index is 1.71. The molecule has 0 spiro atoms. The quantitative estimate of drug-likeness (QED) is 0.808. The van der Waals surface area contributed by atoms with Crippen molar-refractivity contribution in [1.29, 1.82) is 0 Å². The van der Waals surface area contributed by atoms with E-state index in [1.807, 2.05) is 12.1 Å². The summed E-state index contributed by atoms with van der Waals surface area (Å²) in [6, 6.07) is 3.86. The van der Waals surface area contributed by atoms with E-state index in [-0.39, 0.29) is 5.41 Å². The Morgan fingerprint density at radius 3 is 2.90 bits per heavy atom. The number of thiazole rings is 1. The predicted octanol–water partition coefficient (Wildman–Crippen LogP) is 3.10. The lowest BCUT2D eigenvalue weighted by Gasteiger charge is -2.13. The molecule has 0 amide bonds. The molecule has 2 heterocycles. The lowest BCUT2D eigenvalue weighted by Crippen LogP contribution is -2.21. The van der Waals surface area contributed by atoms with Crippen molar-refractivity contribution in [3.63, 3.8) is 0 Å². The molecule has 1 N–H and O–H groups in total. The van der Waals surface area contributed by atoms with E-state index in [9.17, 15) is 13.2 Å². The van der Waals surface area contributed by atoms with Crippen LogP contribution >= 0.6 is 11.3 Å². The topological polar surface area (TPSA) is 24.9 Å². The number of benzene rings is 1. The van der Waals surface area contributed by atoms with Gasteiger partial charge in [-0.25, -0.2) is 4.98 Å². The molecule has 2 aliphatic carbocycles. The van der Waals surface area contributed by atoms with E-state index >= 15 is 0 Å². The maximum absolute atomic E-state index is 12.8. The molecule has 2 atom stereocenters. The van der Waals surface area contributed by atoms with E-state index in [0.717, 1.165) is 30.8 Å². The number of fused-ring (bicyclic) bond motifs is 2. The third kappa shape index (κ3) is 1.14. The third-order valence-corrected chi connectivity index (χ3v) is 6.38. The molecule has 1 aromatic heterocycles. The second-order valence-corrected chi connectivity index (χ2v) is 7.34. The number of hydrogen-bond acceptors (Lipinski definition) is 3.